The van der Waals surface area contributed by atoms with Crippen LogP contribution in [-0.2, 0) is 16.0 Å². The highest BCUT2D eigenvalue weighted by Crippen LogP contribution is 2.40. The van der Waals surface area contributed by atoms with Gasteiger partial charge in [0.05, 0.1) is 24.0 Å². The number of carbonyl (C=O) groups is 2. The molecule has 1 aliphatic rings. The Morgan fingerprint density at radius 3 is 2.67 bits per heavy atom. The van der Waals surface area contributed by atoms with Crippen molar-refractivity contribution in [3.8, 4) is 5.69 Å². The van der Waals surface area contributed by atoms with Crippen LogP contribution in [0.25, 0.3) is 11.3 Å². The van der Waals surface area contributed by atoms with E-state index < -0.39 is 11.7 Å². The fourth-order valence-corrected chi connectivity index (χ4v) is 3.39. The van der Waals surface area contributed by atoms with E-state index in [-0.39, 0.29) is 12.3 Å². The first kappa shape index (κ1) is 22.5. The molecule has 0 atom stereocenters. The molecule has 4 rings (SSSR count). The number of hydrogen-bond donors (Lipinski definition) is 1. The zero-order valence-electron chi connectivity index (χ0n) is 19.5. The number of ether oxygens (including phenoxy) is 1. The molecule has 0 unspecified atom stereocenters. The molecule has 8 heteroatoms. The van der Waals surface area contributed by atoms with Crippen molar-refractivity contribution < 1.29 is 14.3 Å². The Bertz CT molecular complexity index is 1210. The standard InChI is InChI=1S/C25H29N5O3/c1-16(2)19-7-6-8-20(12-19)29-15-17(14-26-29)11-23(31)27-22-13-21(18-9-10-18)28-30(22)24(32)33-25(3,4)5/h6-8,12-15,18H,1,9-11H2,2-5H3,(H,27,31). The zero-order valence-corrected chi connectivity index (χ0v) is 19.5. The highest BCUT2D eigenvalue weighted by atomic mass is 16.6. The Morgan fingerprint density at radius 1 is 1.24 bits per heavy atom. The van der Waals surface area contributed by atoms with Crippen molar-refractivity contribution in [2.75, 3.05) is 5.32 Å². The number of benzene rings is 1. The molecule has 2 heterocycles. The van der Waals surface area contributed by atoms with Crippen LogP contribution in [0.5, 0.6) is 0 Å². The minimum Gasteiger partial charge on any atom is -0.442 e. The maximum Gasteiger partial charge on any atom is 0.437 e. The van der Waals surface area contributed by atoms with E-state index in [0.29, 0.717) is 11.7 Å². The molecule has 2 aromatic heterocycles. The van der Waals surface area contributed by atoms with Gasteiger partial charge in [0.25, 0.3) is 0 Å². The molecule has 0 radical (unpaired) electrons. The lowest BCUT2D eigenvalue weighted by Crippen LogP contribution is -2.29. The van der Waals surface area contributed by atoms with Gasteiger partial charge in [-0.05, 0) is 63.8 Å². The first-order valence-electron chi connectivity index (χ1n) is 11.0. The average molecular weight is 448 g/mol. The van der Waals surface area contributed by atoms with Crippen molar-refractivity contribution in [2.24, 2.45) is 0 Å². The summed E-state index contributed by atoms with van der Waals surface area (Å²) in [4.78, 5) is 25.4. The normalized spacial score (nSPS) is 13.6. The molecule has 1 aliphatic carbocycles. The number of nitrogens with zero attached hydrogens (tertiary/aromatic N) is 4. The van der Waals surface area contributed by atoms with Gasteiger partial charge in [-0.2, -0.15) is 10.2 Å². The summed E-state index contributed by atoms with van der Waals surface area (Å²) in [5, 5.41) is 11.6. The van der Waals surface area contributed by atoms with Gasteiger partial charge in [-0.1, -0.05) is 24.3 Å². The molecular formula is C25H29N5O3. The summed E-state index contributed by atoms with van der Waals surface area (Å²) in [5.74, 6) is 0.382. The Kier molecular flexibility index (Phi) is 5.93. The maximum atomic E-state index is 12.8. The van der Waals surface area contributed by atoms with E-state index in [1.54, 1.807) is 37.7 Å². The van der Waals surface area contributed by atoms with Gasteiger partial charge in [-0.25, -0.2) is 9.48 Å². The molecule has 0 spiro atoms. The van der Waals surface area contributed by atoms with Gasteiger partial charge in [0.15, 0.2) is 0 Å². The lowest BCUT2D eigenvalue weighted by Gasteiger charge is -2.19. The lowest BCUT2D eigenvalue weighted by atomic mass is 10.1. The molecule has 1 aromatic carbocycles. The molecule has 3 aromatic rings. The van der Waals surface area contributed by atoms with Gasteiger partial charge in [-0.15, -0.1) is 4.68 Å². The van der Waals surface area contributed by atoms with Crippen LogP contribution in [-0.4, -0.2) is 37.2 Å². The van der Waals surface area contributed by atoms with E-state index in [1.807, 2.05) is 37.4 Å². The van der Waals surface area contributed by atoms with Crippen molar-refractivity contribution in [2.45, 2.75) is 58.5 Å². The van der Waals surface area contributed by atoms with E-state index >= 15 is 0 Å². The average Bonchev–Trinajstić information content (AvgIpc) is 3.33. The lowest BCUT2D eigenvalue weighted by molar-refractivity contribution is -0.115. The fourth-order valence-electron chi connectivity index (χ4n) is 3.39. The predicted octanol–water partition coefficient (Wildman–Crippen LogP) is 4.94. The molecule has 1 amide bonds. The number of aromatic nitrogens is 4. The number of hydrogen-bond acceptors (Lipinski definition) is 5. The third-order valence-electron chi connectivity index (χ3n) is 5.16. The molecule has 33 heavy (non-hydrogen) atoms. The SMILES string of the molecule is C=C(C)c1cccc(-n2cc(CC(=O)Nc3cc(C4CC4)nn3C(=O)OC(C)(C)C)cn2)c1. The fraction of sp³-hybridized carbons (Fsp3) is 0.360. The zero-order chi connectivity index (χ0) is 23.8. The number of amides is 1. The van der Waals surface area contributed by atoms with Crippen molar-refractivity contribution in [1.82, 2.24) is 19.6 Å². The van der Waals surface area contributed by atoms with Crippen LogP contribution in [0.15, 0.2) is 49.3 Å². The minimum atomic E-state index is -0.667. The van der Waals surface area contributed by atoms with E-state index in [1.165, 1.54) is 0 Å². The summed E-state index contributed by atoms with van der Waals surface area (Å²) in [6.07, 6.45) is 5.04. The first-order valence-corrected chi connectivity index (χ1v) is 11.0. The van der Waals surface area contributed by atoms with Gasteiger partial charge < -0.3 is 10.1 Å². The number of rotatable bonds is 6. The number of carbonyl (C=O) groups excluding carboxylic acids is 2. The number of anilines is 1. The van der Waals surface area contributed by atoms with Gasteiger partial charge in [0, 0.05) is 18.2 Å². The molecule has 172 valence electrons. The van der Waals surface area contributed by atoms with Crippen molar-refractivity contribution in [3.05, 3.63) is 66.1 Å². The molecular weight excluding hydrogens is 418 g/mol. The summed E-state index contributed by atoms with van der Waals surface area (Å²) in [6.45, 7) is 11.3. The van der Waals surface area contributed by atoms with Gasteiger partial charge in [0.1, 0.15) is 11.4 Å². The second-order valence-electron chi connectivity index (χ2n) is 9.47. The molecule has 1 saturated carbocycles. The Morgan fingerprint density at radius 2 is 2.00 bits per heavy atom. The molecule has 8 nitrogen and oxygen atoms in total. The third kappa shape index (κ3) is 5.58. The topological polar surface area (TPSA) is 91.0 Å². The van der Waals surface area contributed by atoms with Gasteiger partial charge in [-0.3, -0.25) is 4.79 Å². The Balaban J connectivity index is 1.48. The summed E-state index contributed by atoms with van der Waals surface area (Å²) in [7, 11) is 0. The molecule has 0 aliphatic heterocycles. The molecule has 1 N–H and O–H groups in total. The second kappa shape index (κ2) is 8.69. The molecule has 0 bridgehead atoms. The highest BCUT2D eigenvalue weighted by Gasteiger charge is 2.30. The Labute approximate surface area is 193 Å². The largest absolute Gasteiger partial charge is 0.442 e. The summed E-state index contributed by atoms with van der Waals surface area (Å²) < 4.78 is 8.32. The second-order valence-corrected chi connectivity index (χ2v) is 9.47. The van der Waals surface area contributed by atoms with Crippen LogP contribution >= 0.6 is 0 Å². The van der Waals surface area contributed by atoms with Crippen molar-refractivity contribution in [3.63, 3.8) is 0 Å². The van der Waals surface area contributed by atoms with Crippen LogP contribution in [0.4, 0.5) is 10.6 Å². The van der Waals surface area contributed by atoms with Crippen LogP contribution in [0.1, 0.15) is 63.3 Å². The van der Waals surface area contributed by atoms with E-state index in [4.69, 9.17) is 4.74 Å². The van der Waals surface area contributed by atoms with Crippen LogP contribution in [0, 0.1) is 0 Å². The summed E-state index contributed by atoms with van der Waals surface area (Å²) >= 11 is 0. The predicted molar refractivity (Wildman–Crippen MR) is 126 cm³/mol. The van der Waals surface area contributed by atoms with Crippen molar-refractivity contribution >= 4 is 23.4 Å². The minimum absolute atomic E-state index is 0.110. The van der Waals surface area contributed by atoms with E-state index in [0.717, 1.165) is 45.6 Å². The Hall–Kier alpha value is -3.68. The summed E-state index contributed by atoms with van der Waals surface area (Å²) in [6, 6.07) is 9.64. The molecule has 0 saturated heterocycles. The van der Waals surface area contributed by atoms with Gasteiger partial charge in [0.2, 0.25) is 5.91 Å². The quantitative estimate of drug-likeness (QED) is 0.578. The first-order chi connectivity index (χ1) is 15.6. The van der Waals surface area contributed by atoms with E-state index in [2.05, 4.69) is 22.1 Å². The number of nitrogens with one attached hydrogen (secondary N) is 1. The number of allylic oxidation sites excluding steroid dienone is 1. The van der Waals surface area contributed by atoms with E-state index in [9.17, 15) is 9.59 Å². The summed E-state index contributed by atoms with van der Waals surface area (Å²) in [5.41, 5.74) is 3.76. The maximum absolute atomic E-state index is 12.8. The monoisotopic (exact) mass is 447 g/mol. The van der Waals surface area contributed by atoms with Crippen molar-refractivity contribution in [1.29, 1.82) is 0 Å². The molecule has 1 fully saturated rings. The third-order valence-corrected chi connectivity index (χ3v) is 5.16. The van der Waals surface area contributed by atoms with Crippen LogP contribution in [0.2, 0.25) is 0 Å². The van der Waals surface area contributed by atoms with Gasteiger partial charge >= 0.3 is 6.09 Å². The smallest absolute Gasteiger partial charge is 0.437 e. The van der Waals surface area contributed by atoms with Crippen LogP contribution < -0.4 is 5.32 Å². The highest BCUT2D eigenvalue weighted by molar-refractivity contribution is 5.93. The van der Waals surface area contributed by atoms with Crippen LogP contribution in [0.3, 0.4) is 0 Å².